The molecule has 7 heteroatoms. The Kier molecular flexibility index (Phi) is 6.01. The lowest BCUT2D eigenvalue weighted by molar-refractivity contribution is -0.137. The van der Waals surface area contributed by atoms with Crippen LogP contribution in [0.1, 0.15) is 17.9 Å². The summed E-state index contributed by atoms with van der Waals surface area (Å²) in [4.78, 5) is 27.9. The molecule has 0 radical (unpaired) electrons. The first-order valence-corrected chi connectivity index (χ1v) is 8.56. The zero-order chi connectivity index (χ0) is 17.0. The van der Waals surface area contributed by atoms with Gasteiger partial charge in [0, 0.05) is 18.7 Å². The van der Waals surface area contributed by atoms with Crippen LogP contribution in [-0.4, -0.2) is 60.6 Å². The molecular formula is C16H22FN3O2S. The second kappa shape index (κ2) is 7.79. The lowest BCUT2D eigenvalue weighted by Gasteiger charge is -2.29. The van der Waals surface area contributed by atoms with E-state index in [-0.39, 0.29) is 23.4 Å². The van der Waals surface area contributed by atoms with Crippen molar-refractivity contribution < 1.29 is 14.0 Å². The average molecular weight is 339 g/mol. The maximum Gasteiger partial charge on any atom is 0.242 e. The van der Waals surface area contributed by atoms with Gasteiger partial charge in [0.25, 0.3) is 0 Å². The Balaban J connectivity index is 2.10. The highest BCUT2D eigenvalue weighted by atomic mass is 32.2. The van der Waals surface area contributed by atoms with E-state index in [9.17, 15) is 14.0 Å². The molecule has 1 aromatic rings. The fraction of sp³-hybridized carbons (Fsp3) is 0.500. The number of carbonyl (C=O) groups is 2. The highest BCUT2D eigenvalue weighted by Gasteiger charge is 2.39. The molecule has 0 saturated carbocycles. The maximum atomic E-state index is 14.0. The predicted octanol–water partition coefficient (Wildman–Crippen LogP) is 1.47. The molecule has 2 rings (SSSR count). The van der Waals surface area contributed by atoms with Crippen LogP contribution in [0.4, 0.5) is 4.39 Å². The van der Waals surface area contributed by atoms with E-state index in [2.05, 4.69) is 5.32 Å². The van der Waals surface area contributed by atoms with Crippen LogP contribution in [-0.2, 0) is 9.59 Å². The number of thioether (sulfide) groups is 1. The molecule has 5 nitrogen and oxygen atoms in total. The first kappa shape index (κ1) is 17.7. The van der Waals surface area contributed by atoms with E-state index in [4.69, 9.17) is 0 Å². The van der Waals surface area contributed by atoms with Gasteiger partial charge in [0.15, 0.2) is 0 Å². The quantitative estimate of drug-likeness (QED) is 0.853. The van der Waals surface area contributed by atoms with Gasteiger partial charge in [-0.2, -0.15) is 0 Å². The summed E-state index contributed by atoms with van der Waals surface area (Å²) in [5, 5.41) is 2.36. The number of hydrogen-bond acceptors (Lipinski definition) is 4. The minimum atomic E-state index is -0.635. The molecule has 126 valence electrons. The highest BCUT2D eigenvalue weighted by molar-refractivity contribution is 8.00. The molecule has 1 aromatic carbocycles. The molecule has 0 aliphatic carbocycles. The molecule has 1 saturated heterocycles. The largest absolute Gasteiger partial charge is 0.353 e. The van der Waals surface area contributed by atoms with E-state index in [0.29, 0.717) is 12.1 Å². The van der Waals surface area contributed by atoms with Crippen LogP contribution in [0.5, 0.6) is 0 Å². The third-order valence-corrected chi connectivity index (χ3v) is 4.94. The summed E-state index contributed by atoms with van der Waals surface area (Å²) in [5.41, 5.74) is 0.441. The number of carbonyl (C=O) groups excluding carboxylic acids is 2. The van der Waals surface area contributed by atoms with E-state index in [1.165, 1.54) is 22.7 Å². The predicted molar refractivity (Wildman–Crippen MR) is 89.5 cm³/mol. The van der Waals surface area contributed by atoms with Gasteiger partial charge in [-0.05, 0) is 27.1 Å². The van der Waals surface area contributed by atoms with Crippen molar-refractivity contribution in [3.63, 3.8) is 0 Å². The number of nitrogens with one attached hydrogen (secondary N) is 1. The van der Waals surface area contributed by atoms with Gasteiger partial charge in [0.1, 0.15) is 17.2 Å². The van der Waals surface area contributed by atoms with Gasteiger partial charge in [-0.3, -0.25) is 9.59 Å². The van der Waals surface area contributed by atoms with E-state index in [1.54, 1.807) is 25.1 Å². The van der Waals surface area contributed by atoms with Crippen LogP contribution in [0.15, 0.2) is 24.3 Å². The lowest BCUT2D eigenvalue weighted by atomic mass is 10.1. The maximum absolute atomic E-state index is 14.0. The Bertz CT molecular complexity index is 582. The van der Waals surface area contributed by atoms with Crippen LogP contribution in [0.2, 0.25) is 0 Å². The van der Waals surface area contributed by atoms with Crippen LogP contribution in [0, 0.1) is 5.82 Å². The molecule has 1 aliphatic rings. The van der Waals surface area contributed by atoms with E-state index >= 15 is 0 Å². The van der Waals surface area contributed by atoms with Gasteiger partial charge in [-0.15, -0.1) is 11.8 Å². The monoisotopic (exact) mass is 339 g/mol. The number of likely N-dealkylation sites (N-methyl/N-ethyl adjacent to an activating group) is 1. The van der Waals surface area contributed by atoms with Gasteiger partial charge in [0.2, 0.25) is 11.8 Å². The van der Waals surface area contributed by atoms with Gasteiger partial charge in [0.05, 0.1) is 5.75 Å². The van der Waals surface area contributed by atoms with Crippen molar-refractivity contribution in [3.05, 3.63) is 35.6 Å². The summed E-state index contributed by atoms with van der Waals surface area (Å²) >= 11 is 1.35. The number of hydrogen-bond donors (Lipinski definition) is 1. The molecule has 0 bridgehead atoms. The summed E-state index contributed by atoms with van der Waals surface area (Å²) in [7, 11) is 3.84. The molecule has 1 aliphatic heterocycles. The number of amides is 2. The van der Waals surface area contributed by atoms with E-state index in [0.717, 1.165) is 6.54 Å². The molecule has 0 unspecified atom stereocenters. The zero-order valence-electron chi connectivity index (χ0n) is 13.6. The molecular weight excluding hydrogens is 317 g/mol. The number of halogens is 1. The normalized spacial score (nSPS) is 19.3. The van der Waals surface area contributed by atoms with Gasteiger partial charge < -0.3 is 15.1 Å². The lowest BCUT2D eigenvalue weighted by Crippen LogP contribution is -2.48. The van der Waals surface area contributed by atoms with E-state index < -0.39 is 11.4 Å². The Morgan fingerprint density at radius 3 is 2.83 bits per heavy atom. The van der Waals surface area contributed by atoms with Gasteiger partial charge in [-0.1, -0.05) is 18.2 Å². The van der Waals surface area contributed by atoms with Crippen LogP contribution < -0.4 is 5.32 Å². The first-order chi connectivity index (χ1) is 10.9. The topological polar surface area (TPSA) is 52.7 Å². The third kappa shape index (κ3) is 4.23. The van der Waals surface area contributed by atoms with Crippen molar-refractivity contribution in [3.8, 4) is 0 Å². The molecule has 1 fully saturated rings. The van der Waals surface area contributed by atoms with Crippen molar-refractivity contribution in [2.75, 3.05) is 32.9 Å². The number of benzene rings is 1. The van der Waals surface area contributed by atoms with Crippen LogP contribution >= 0.6 is 11.8 Å². The highest BCUT2D eigenvalue weighted by Crippen LogP contribution is 2.40. The number of nitrogens with zero attached hydrogens (tertiary/aromatic N) is 2. The molecule has 1 heterocycles. The molecule has 2 atom stereocenters. The Morgan fingerprint density at radius 1 is 1.48 bits per heavy atom. The number of rotatable bonds is 6. The van der Waals surface area contributed by atoms with E-state index in [1.807, 2.05) is 19.0 Å². The summed E-state index contributed by atoms with van der Waals surface area (Å²) in [6, 6.07) is 5.75. The summed E-state index contributed by atoms with van der Waals surface area (Å²) < 4.78 is 14.0. The van der Waals surface area contributed by atoms with Gasteiger partial charge >= 0.3 is 0 Å². The average Bonchev–Trinajstić information content (AvgIpc) is 2.88. The van der Waals surface area contributed by atoms with Gasteiger partial charge in [-0.25, -0.2) is 4.39 Å². The summed E-state index contributed by atoms with van der Waals surface area (Å²) in [5.74, 6) is -0.457. The van der Waals surface area contributed by atoms with Crippen molar-refractivity contribution in [1.29, 1.82) is 0 Å². The van der Waals surface area contributed by atoms with Crippen LogP contribution in [0.3, 0.4) is 0 Å². The fourth-order valence-corrected chi connectivity index (χ4v) is 3.73. The van der Waals surface area contributed by atoms with Crippen molar-refractivity contribution in [1.82, 2.24) is 15.1 Å². The molecule has 1 N–H and O–H groups in total. The minimum Gasteiger partial charge on any atom is -0.353 e. The second-order valence-electron chi connectivity index (χ2n) is 5.76. The van der Waals surface area contributed by atoms with Crippen LogP contribution in [0.25, 0.3) is 0 Å². The fourth-order valence-electron chi connectivity index (χ4n) is 2.45. The van der Waals surface area contributed by atoms with Crippen molar-refractivity contribution in [2.24, 2.45) is 0 Å². The molecule has 23 heavy (non-hydrogen) atoms. The summed E-state index contributed by atoms with van der Waals surface area (Å²) in [6.07, 6.45) is 0. The Hall–Kier alpha value is -1.60. The summed E-state index contributed by atoms with van der Waals surface area (Å²) in [6.45, 7) is 2.91. The van der Waals surface area contributed by atoms with Crippen molar-refractivity contribution >= 4 is 23.6 Å². The third-order valence-electron chi connectivity index (χ3n) is 3.73. The Morgan fingerprint density at radius 2 is 2.17 bits per heavy atom. The molecule has 2 amide bonds. The SMILES string of the molecule is C[C@@H](C(=O)NCCN(C)C)N1C(=O)CS[C@H]1c1ccccc1F. The second-order valence-corrected chi connectivity index (χ2v) is 6.82. The zero-order valence-corrected chi connectivity index (χ0v) is 14.4. The van der Waals surface area contributed by atoms with Crippen molar-refractivity contribution in [2.45, 2.75) is 18.3 Å². The first-order valence-electron chi connectivity index (χ1n) is 7.51. The smallest absolute Gasteiger partial charge is 0.242 e. The molecule has 0 aromatic heterocycles. The standard InChI is InChI=1S/C16H22FN3O2S/c1-11(15(22)18-8-9-19(2)3)20-14(21)10-23-16(20)12-6-4-5-7-13(12)17/h4-7,11,16H,8-10H2,1-3H3,(H,18,22)/t11-,16-/m0/s1. The minimum absolute atomic E-state index is 0.140. The Labute approximate surface area is 140 Å². The molecule has 0 spiro atoms.